The second-order valence-corrected chi connectivity index (χ2v) is 5.10. The molecule has 0 radical (unpaired) electrons. The molecule has 0 N–H and O–H groups in total. The summed E-state index contributed by atoms with van der Waals surface area (Å²) in [6.07, 6.45) is 11.2. The van der Waals surface area contributed by atoms with E-state index in [1.165, 1.54) is 0 Å². The first kappa shape index (κ1) is 11.5. The number of carbonyl (C=O) groups excluding carboxylic acids is 2. The average molecular weight is 290 g/mol. The van der Waals surface area contributed by atoms with Crippen LogP contribution in [0.2, 0.25) is 0 Å². The van der Waals surface area contributed by atoms with Gasteiger partial charge >= 0.3 is 23.1 Å². The molecule has 3 aliphatic heterocycles. The van der Waals surface area contributed by atoms with E-state index < -0.39 is 0 Å². The molecule has 0 fully saturated rings. The molecule has 104 valence electrons. The SMILES string of the molecule is C1=CC2=[O+]C1=CC1=[O+]C(=c3ccc(o3)=Cc3ccc2o3)C=C1. The lowest BCUT2D eigenvalue weighted by Crippen LogP contribution is -2.03. The highest BCUT2D eigenvalue weighted by molar-refractivity contribution is 6.06. The zero-order valence-corrected chi connectivity index (χ0v) is 11.4. The van der Waals surface area contributed by atoms with E-state index in [0.29, 0.717) is 45.4 Å². The first-order valence-electron chi connectivity index (χ1n) is 6.93. The summed E-state index contributed by atoms with van der Waals surface area (Å²) in [6.45, 7) is 0. The molecule has 0 aromatic carbocycles. The first-order valence-corrected chi connectivity index (χ1v) is 6.93. The van der Waals surface area contributed by atoms with Crippen molar-refractivity contribution in [3.63, 3.8) is 0 Å². The normalized spacial score (nSPS) is 17.8. The minimum atomic E-state index is 0.676. The highest BCUT2D eigenvalue weighted by Crippen LogP contribution is 2.18. The Morgan fingerprint density at radius 2 is 1.77 bits per heavy atom. The van der Waals surface area contributed by atoms with Gasteiger partial charge in [-0.15, -0.1) is 0 Å². The van der Waals surface area contributed by atoms with Crippen molar-refractivity contribution >= 4 is 23.4 Å². The highest BCUT2D eigenvalue weighted by Gasteiger charge is 2.29. The van der Waals surface area contributed by atoms with Crippen LogP contribution in [0.5, 0.6) is 0 Å². The third kappa shape index (κ3) is 1.78. The number of hydrogen-bond acceptors (Lipinski definition) is 2. The maximum atomic E-state index is 5.78. The van der Waals surface area contributed by atoms with Gasteiger partial charge in [0, 0.05) is 6.08 Å². The van der Waals surface area contributed by atoms with Crippen LogP contribution in [0.4, 0.5) is 0 Å². The molecule has 0 saturated heterocycles. The van der Waals surface area contributed by atoms with Crippen LogP contribution in [0.1, 0.15) is 15.9 Å². The van der Waals surface area contributed by atoms with E-state index in [4.69, 9.17) is 17.7 Å². The number of furan rings is 2. The average Bonchev–Trinajstić information content (AvgIpc) is 3.24. The lowest BCUT2D eigenvalue weighted by molar-refractivity contribution is -0.339. The standard InChI is InChI=1S/C18H10O4/c1-5-15-16-6-3-13(21-16)10-14-4-8-18(22-14)17-7-2-12(20-17)9-11(1)19-15/h1-10H/q+2. The van der Waals surface area contributed by atoms with Crippen LogP contribution in [0.15, 0.2) is 69.2 Å². The van der Waals surface area contributed by atoms with Gasteiger partial charge in [-0.25, -0.2) is 8.85 Å². The molecular formula is C18H10O4+2. The molecule has 0 spiro atoms. The van der Waals surface area contributed by atoms with E-state index in [1.54, 1.807) is 0 Å². The Hall–Kier alpha value is -3.14. The topological polar surface area (TPSA) is 48.9 Å². The van der Waals surface area contributed by atoms with Gasteiger partial charge in [0.2, 0.25) is 11.2 Å². The second kappa shape index (κ2) is 4.18. The van der Waals surface area contributed by atoms with Crippen molar-refractivity contribution in [2.75, 3.05) is 0 Å². The van der Waals surface area contributed by atoms with Crippen molar-refractivity contribution in [1.82, 2.24) is 0 Å². The number of hydrogen-bond donors (Lipinski definition) is 0. The van der Waals surface area contributed by atoms with Crippen LogP contribution in [-0.2, 0) is 4.42 Å². The number of allylic oxidation sites excluding steroid dienone is 4. The van der Waals surface area contributed by atoms with E-state index in [-0.39, 0.29) is 0 Å². The third-order valence-corrected chi connectivity index (χ3v) is 3.56. The van der Waals surface area contributed by atoms with Crippen molar-refractivity contribution < 1.29 is 17.7 Å². The molecule has 0 saturated carbocycles. The highest BCUT2D eigenvalue weighted by atomic mass is 16.4. The van der Waals surface area contributed by atoms with Crippen molar-refractivity contribution in [1.29, 1.82) is 0 Å². The summed E-state index contributed by atoms with van der Waals surface area (Å²) in [5.41, 5.74) is 1.38. The van der Waals surface area contributed by atoms with E-state index in [0.717, 1.165) is 0 Å². The van der Waals surface area contributed by atoms with Crippen LogP contribution < -0.4 is 10.8 Å². The molecule has 4 heteroatoms. The Morgan fingerprint density at radius 1 is 0.773 bits per heavy atom. The fourth-order valence-electron chi connectivity index (χ4n) is 2.53. The summed E-state index contributed by atoms with van der Waals surface area (Å²) >= 11 is 0. The zero-order valence-electron chi connectivity index (χ0n) is 11.4. The number of rotatable bonds is 0. The van der Waals surface area contributed by atoms with Gasteiger partial charge in [0.15, 0.2) is 0 Å². The minimum Gasteiger partial charge on any atom is -0.447 e. The van der Waals surface area contributed by atoms with Gasteiger partial charge in [-0.1, -0.05) is 0 Å². The Labute approximate surface area is 124 Å². The van der Waals surface area contributed by atoms with Crippen molar-refractivity contribution in [2.45, 2.75) is 0 Å². The fourth-order valence-corrected chi connectivity index (χ4v) is 2.53. The maximum Gasteiger partial charge on any atom is 0.395 e. The van der Waals surface area contributed by atoms with Gasteiger partial charge in [0.05, 0.1) is 24.3 Å². The molecular weight excluding hydrogens is 280 g/mol. The molecule has 0 atom stereocenters. The molecule has 2 aromatic heterocycles. The smallest absolute Gasteiger partial charge is 0.395 e. The Kier molecular flexibility index (Phi) is 2.19. The van der Waals surface area contributed by atoms with Gasteiger partial charge in [-0.3, -0.25) is 0 Å². The first-order chi connectivity index (χ1) is 10.8. The molecule has 8 bridgehead atoms. The predicted octanol–water partition coefficient (Wildman–Crippen LogP) is 1.67. The minimum absolute atomic E-state index is 0.676. The lowest BCUT2D eigenvalue weighted by Gasteiger charge is -1.83. The van der Waals surface area contributed by atoms with E-state index in [1.807, 2.05) is 60.7 Å². The van der Waals surface area contributed by atoms with Crippen LogP contribution >= 0.6 is 0 Å². The van der Waals surface area contributed by atoms with E-state index >= 15 is 0 Å². The summed E-state index contributed by atoms with van der Waals surface area (Å²) in [4.78, 5) is 0. The van der Waals surface area contributed by atoms with E-state index in [2.05, 4.69) is 0 Å². The molecule has 5 rings (SSSR count). The van der Waals surface area contributed by atoms with Gasteiger partial charge in [-0.05, 0) is 24.3 Å². The number of ketones is 2. The molecule has 5 heterocycles. The van der Waals surface area contributed by atoms with Crippen LogP contribution in [0.3, 0.4) is 0 Å². The summed E-state index contributed by atoms with van der Waals surface area (Å²) in [5, 5.41) is 0. The monoisotopic (exact) mass is 290 g/mol. The van der Waals surface area contributed by atoms with Crippen molar-refractivity contribution in [2.24, 2.45) is 0 Å². The predicted molar refractivity (Wildman–Crippen MR) is 79.3 cm³/mol. The Bertz CT molecular complexity index is 1060. The quantitative estimate of drug-likeness (QED) is 0.693. The van der Waals surface area contributed by atoms with Crippen LogP contribution in [-0.4, -0.2) is 11.6 Å². The van der Waals surface area contributed by atoms with Crippen molar-refractivity contribution in [3.05, 3.63) is 82.8 Å². The van der Waals surface area contributed by atoms with E-state index in [9.17, 15) is 0 Å². The molecule has 4 nitrogen and oxygen atoms in total. The van der Waals surface area contributed by atoms with Crippen LogP contribution in [0.25, 0.3) is 11.8 Å². The second-order valence-electron chi connectivity index (χ2n) is 5.10. The Balaban J connectivity index is 1.83. The molecule has 22 heavy (non-hydrogen) atoms. The summed E-state index contributed by atoms with van der Waals surface area (Å²) < 4.78 is 23.1. The zero-order chi connectivity index (χ0) is 14.5. The summed E-state index contributed by atoms with van der Waals surface area (Å²) in [5.74, 6) is 4.14. The molecule has 0 aliphatic carbocycles. The van der Waals surface area contributed by atoms with Crippen molar-refractivity contribution in [3.8, 4) is 0 Å². The largest absolute Gasteiger partial charge is 0.447 e. The molecule has 2 aromatic rings. The third-order valence-electron chi connectivity index (χ3n) is 3.56. The van der Waals surface area contributed by atoms with Gasteiger partial charge < -0.3 is 8.83 Å². The summed E-state index contributed by atoms with van der Waals surface area (Å²) in [6, 6.07) is 7.52. The summed E-state index contributed by atoms with van der Waals surface area (Å²) in [7, 11) is 0. The Morgan fingerprint density at radius 3 is 2.77 bits per heavy atom. The lowest BCUT2D eigenvalue weighted by atomic mass is 10.3. The molecule has 0 amide bonds. The van der Waals surface area contributed by atoms with Gasteiger partial charge in [0.25, 0.3) is 0 Å². The number of fused-ring (bicyclic) bond motifs is 7. The molecule has 0 unspecified atom stereocenters. The van der Waals surface area contributed by atoms with Gasteiger partial charge in [0.1, 0.15) is 17.3 Å². The molecule has 3 aliphatic rings. The van der Waals surface area contributed by atoms with Crippen LogP contribution in [0, 0.1) is 0 Å². The van der Waals surface area contributed by atoms with Gasteiger partial charge in [-0.2, -0.15) is 0 Å². The maximum absolute atomic E-state index is 5.78. The fraction of sp³-hybridized carbons (Fsp3) is 0.